The second-order valence-corrected chi connectivity index (χ2v) is 9.93. The Balaban J connectivity index is 1.27. The lowest BCUT2D eigenvalue weighted by molar-refractivity contribution is 0.299. The molecule has 0 unspecified atom stereocenters. The fourth-order valence-corrected chi connectivity index (χ4v) is 5.48. The lowest BCUT2D eigenvalue weighted by atomic mass is 9.88. The van der Waals surface area contributed by atoms with Crippen molar-refractivity contribution in [3.8, 4) is 11.1 Å². The zero-order valence-electron chi connectivity index (χ0n) is 20.8. The highest BCUT2D eigenvalue weighted by molar-refractivity contribution is 5.73. The van der Waals surface area contributed by atoms with Crippen LogP contribution in [0, 0.1) is 6.92 Å². The molecule has 2 aliphatic rings. The summed E-state index contributed by atoms with van der Waals surface area (Å²) < 4.78 is 0. The van der Waals surface area contributed by atoms with Crippen molar-refractivity contribution >= 4 is 11.5 Å². The Morgan fingerprint density at radius 3 is 2.32 bits per heavy atom. The van der Waals surface area contributed by atoms with Crippen molar-refractivity contribution in [2.24, 2.45) is 0 Å². The first-order valence-corrected chi connectivity index (χ1v) is 13.0. The molecule has 3 nitrogen and oxygen atoms in total. The summed E-state index contributed by atoms with van der Waals surface area (Å²) in [5.41, 5.74) is 8.99. The number of benzene rings is 2. The molecule has 34 heavy (non-hydrogen) atoms. The van der Waals surface area contributed by atoms with Gasteiger partial charge in [0.2, 0.25) is 0 Å². The Morgan fingerprint density at radius 1 is 0.941 bits per heavy atom. The summed E-state index contributed by atoms with van der Waals surface area (Å²) in [7, 11) is 0. The van der Waals surface area contributed by atoms with Gasteiger partial charge in [0.05, 0.1) is 0 Å². The Bertz CT molecular complexity index is 1120. The second kappa shape index (κ2) is 10.0. The van der Waals surface area contributed by atoms with Gasteiger partial charge in [0.25, 0.3) is 0 Å². The SMILES string of the molecule is C=C(c1ccc(C)c(-c2ccc(N3CCCC3)nc2)c1)N1CCC(c2ccc(CC)cc2)CC1. The van der Waals surface area contributed by atoms with Gasteiger partial charge in [-0.2, -0.15) is 0 Å². The van der Waals surface area contributed by atoms with Crippen molar-refractivity contribution in [1.29, 1.82) is 0 Å². The predicted molar refractivity (Wildman–Crippen MR) is 144 cm³/mol. The topological polar surface area (TPSA) is 19.4 Å². The summed E-state index contributed by atoms with van der Waals surface area (Å²) in [6.07, 6.45) is 8.06. The number of aryl methyl sites for hydroxylation is 2. The van der Waals surface area contributed by atoms with Crippen LogP contribution >= 0.6 is 0 Å². The van der Waals surface area contributed by atoms with Gasteiger partial charge in [0.15, 0.2) is 0 Å². The molecule has 0 N–H and O–H groups in total. The molecule has 3 heterocycles. The molecule has 2 aromatic carbocycles. The Morgan fingerprint density at radius 2 is 1.68 bits per heavy atom. The maximum absolute atomic E-state index is 4.78. The summed E-state index contributed by atoms with van der Waals surface area (Å²) in [5, 5.41) is 0. The van der Waals surface area contributed by atoms with Gasteiger partial charge < -0.3 is 9.80 Å². The van der Waals surface area contributed by atoms with Gasteiger partial charge in [-0.25, -0.2) is 4.98 Å². The molecule has 5 rings (SSSR count). The Labute approximate surface area is 205 Å². The van der Waals surface area contributed by atoms with Gasteiger partial charge >= 0.3 is 0 Å². The molecule has 0 aliphatic carbocycles. The van der Waals surface area contributed by atoms with Crippen LogP contribution in [0.25, 0.3) is 16.8 Å². The van der Waals surface area contributed by atoms with Gasteiger partial charge in [-0.3, -0.25) is 0 Å². The normalized spacial score (nSPS) is 16.8. The largest absolute Gasteiger partial charge is 0.371 e. The van der Waals surface area contributed by atoms with Crippen molar-refractivity contribution in [3.63, 3.8) is 0 Å². The van der Waals surface area contributed by atoms with E-state index in [4.69, 9.17) is 4.98 Å². The molecule has 2 fully saturated rings. The van der Waals surface area contributed by atoms with E-state index in [0.717, 1.165) is 44.1 Å². The van der Waals surface area contributed by atoms with Gasteiger partial charge in [-0.15, -0.1) is 0 Å². The van der Waals surface area contributed by atoms with Crippen LogP contribution in [0.15, 0.2) is 67.4 Å². The average molecular weight is 452 g/mol. The third-order valence-electron chi connectivity index (χ3n) is 7.80. The van der Waals surface area contributed by atoms with E-state index in [9.17, 15) is 0 Å². The zero-order valence-corrected chi connectivity index (χ0v) is 20.8. The first-order chi connectivity index (χ1) is 16.6. The van der Waals surface area contributed by atoms with Crippen LogP contribution in [-0.2, 0) is 6.42 Å². The minimum atomic E-state index is 0.656. The minimum absolute atomic E-state index is 0.656. The molecule has 0 radical (unpaired) electrons. The fourth-order valence-electron chi connectivity index (χ4n) is 5.48. The summed E-state index contributed by atoms with van der Waals surface area (Å²) in [5.74, 6) is 1.76. The first-order valence-electron chi connectivity index (χ1n) is 13.0. The van der Waals surface area contributed by atoms with E-state index in [1.165, 1.54) is 59.1 Å². The van der Waals surface area contributed by atoms with Crippen LogP contribution in [0.5, 0.6) is 0 Å². The molecular formula is C31H37N3. The maximum Gasteiger partial charge on any atom is 0.128 e. The zero-order chi connectivity index (χ0) is 23.5. The molecule has 1 aromatic heterocycles. The molecule has 3 heteroatoms. The van der Waals surface area contributed by atoms with E-state index >= 15 is 0 Å². The highest BCUT2D eigenvalue weighted by atomic mass is 15.2. The highest BCUT2D eigenvalue weighted by Crippen LogP contribution is 2.33. The molecule has 2 aliphatic heterocycles. The van der Waals surface area contributed by atoms with E-state index in [1.54, 1.807) is 0 Å². The Kier molecular flexibility index (Phi) is 6.71. The molecule has 0 saturated carbocycles. The predicted octanol–water partition coefficient (Wildman–Crippen LogP) is 7.07. The number of nitrogens with zero attached hydrogens (tertiary/aromatic N) is 3. The number of hydrogen-bond donors (Lipinski definition) is 0. The fraction of sp³-hybridized carbons (Fsp3) is 0.387. The molecule has 0 bridgehead atoms. The van der Waals surface area contributed by atoms with Crippen LogP contribution < -0.4 is 4.90 Å². The van der Waals surface area contributed by atoms with Crippen molar-refractivity contribution in [2.45, 2.75) is 51.9 Å². The lowest BCUT2D eigenvalue weighted by Crippen LogP contribution is -2.31. The number of rotatable bonds is 6. The van der Waals surface area contributed by atoms with Gasteiger partial charge in [-0.1, -0.05) is 49.9 Å². The van der Waals surface area contributed by atoms with Crippen LogP contribution in [-0.4, -0.2) is 36.1 Å². The minimum Gasteiger partial charge on any atom is -0.371 e. The van der Waals surface area contributed by atoms with E-state index in [0.29, 0.717) is 5.92 Å². The summed E-state index contributed by atoms with van der Waals surface area (Å²) in [6, 6.07) is 20.4. The van der Waals surface area contributed by atoms with E-state index in [2.05, 4.69) is 84.8 Å². The molecule has 0 spiro atoms. The van der Waals surface area contributed by atoms with Crippen molar-refractivity contribution in [1.82, 2.24) is 9.88 Å². The second-order valence-electron chi connectivity index (χ2n) is 9.93. The number of likely N-dealkylation sites (tertiary alicyclic amines) is 1. The molecule has 2 saturated heterocycles. The maximum atomic E-state index is 4.78. The summed E-state index contributed by atoms with van der Waals surface area (Å²) in [4.78, 5) is 9.64. The van der Waals surface area contributed by atoms with Gasteiger partial charge in [0, 0.05) is 43.6 Å². The molecule has 176 valence electrons. The third kappa shape index (κ3) is 4.75. The van der Waals surface area contributed by atoms with E-state index in [-0.39, 0.29) is 0 Å². The number of aromatic nitrogens is 1. The third-order valence-corrected chi connectivity index (χ3v) is 7.80. The monoisotopic (exact) mass is 451 g/mol. The van der Waals surface area contributed by atoms with Gasteiger partial charge in [0.1, 0.15) is 5.82 Å². The smallest absolute Gasteiger partial charge is 0.128 e. The average Bonchev–Trinajstić information content (AvgIpc) is 3.44. The first kappa shape index (κ1) is 22.7. The Hall–Kier alpha value is -3.07. The summed E-state index contributed by atoms with van der Waals surface area (Å²) >= 11 is 0. The van der Waals surface area contributed by atoms with Crippen molar-refractivity contribution in [2.75, 3.05) is 31.1 Å². The van der Waals surface area contributed by atoms with Crippen LogP contribution in [0.4, 0.5) is 5.82 Å². The molecule has 0 amide bonds. The van der Waals surface area contributed by atoms with E-state index < -0.39 is 0 Å². The van der Waals surface area contributed by atoms with Crippen LogP contribution in [0.2, 0.25) is 0 Å². The number of piperidine rings is 1. The quantitative estimate of drug-likeness (QED) is 0.399. The molecule has 0 atom stereocenters. The van der Waals surface area contributed by atoms with Crippen LogP contribution in [0.3, 0.4) is 0 Å². The molecule has 3 aromatic rings. The van der Waals surface area contributed by atoms with Crippen molar-refractivity contribution < 1.29 is 0 Å². The number of hydrogen-bond acceptors (Lipinski definition) is 3. The number of anilines is 1. The highest BCUT2D eigenvalue weighted by Gasteiger charge is 2.22. The number of pyridine rings is 1. The van der Waals surface area contributed by atoms with E-state index in [1.807, 2.05) is 6.20 Å². The lowest BCUT2D eigenvalue weighted by Gasteiger charge is -2.35. The van der Waals surface area contributed by atoms with Crippen molar-refractivity contribution in [3.05, 3.63) is 89.6 Å². The standard InChI is InChI=1S/C31H37N3/c1-4-25-8-11-26(12-9-25)27-15-19-33(20-16-27)24(3)28-10-7-23(2)30(21-28)29-13-14-31(32-22-29)34-17-5-6-18-34/h7-14,21-22,27H,3-6,15-20H2,1-2H3. The van der Waals surface area contributed by atoms with Gasteiger partial charge in [-0.05, 0) is 91.0 Å². The van der Waals surface area contributed by atoms with Crippen LogP contribution in [0.1, 0.15) is 60.8 Å². The molecular weight excluding hydrogens is 414 g/mol. The summed E-state index contributed by atoms with van der Waals surface area (Å²) in [6.45, 7) is 13.3.